The first-order valence-corrected chi connectivity index (χ1v) is 6.59. The minimum atomic E-state index is -0.398. The monoisotopic (exact) mass is 278 g/mol. The Bertz CT molecular complexity index is 498. The fourth-order valence-electron chi connectivity index (χ4n) is 2.30. The summed E-state index contributed by atoms with van der Waals surface area (Å²) in [5.41, 5.74) is 6.29. The van der Waals surface area contributed by atoms with E-state index in [2.05, 4.69) is 4.90 Å². The molecule has 1 aliphatic rings. The van der Waals surface area contributed by atoms with Crippen LogP contribution in [0.2, 0.25) is 0 Å². The lowest BCUT2D eigenvalue weighted by Crippen LogP contribution is -2.49. The lowest BCUT2D eigenvalue weighted by molar-refractivity contribution is -0.384. The molecule has 1 amide bonds. The van der Waals surface area contributed by atoms with Gasteiger partial charge in [-0.1, -0.05) is 6.07 Å². The van der Waals surface area contributed by atoms with E-state index in [4.69, 9.17) is 5.73 Å². The Labute approximate surface area is 117 Å². The summed E-state index contributed by atoms with van der Waals surface area (Å²) in [7, 11) is 0. The Balaban J connectivity index is 1.98. The highest BCUT2D eigenvalue weighted by atomic mass is 16.6. The normalized spacial score (nSPS) is 15.2. The minimum Gasteiger partial charge on any atom is -0.368 e. The number of non-ortho nitro benzene ring substituents is 1. The van der Waals surface area contributed by atoms with Crippen LogP contribution in [-0.2, 0) is 4.79 Å². The maximum absolute atomic E-state index is 11.7. The number of nitro groups is 1. The summed E-state index contributed by atoms with van der Waals surface area (Å²) in [6.45, 7) is 2.97. The van der Waals surface area contributed by atoms with Gasteiger partial charge in [0.05, 0.1) is 4.92 Å². The predicted octanol–water partition coefficient (Wildman–Crippen LogP) is 0.592. The number of benzene rings is 1. The number of piperazine rings is 1. The lowest BCUT2D eigenvalue weighted by Gasteiger charge is -2.36. The largest absolute Gasteiger partial charge is 0.368 e. The fourth-order valence-corrected chi connectivity index (χ4v) is 2.30. The summed E-state index contributed by atoms with van der Waals surface area (Å²) in [6, 6.07) is 6.58. The van der Waals surface area contributed by atoms with E-state index >= 15 is 0 Å². The van der Waals surface area contributed by atoms with Crippen LogP contribution >= 0.6 is 0 Å². The van der Waals surface area contributed by atoms with Crippen LogP contribution in [0.1, 0.15) is 6.42 Å². The Morgan fingerprint density at radius 1 is 1.30 bits per heavy atom. The number of amides is 1. The van der Waals surface area contributed by atoms with Crippen molar-refractivity contribution in [3.05, 3.63) is 34.4 Å². The molecule has 0 aliphatic carbocycles. The van der Waals surface area contributed by atoms with Gasteiger partial charge in [0.25, 0.3) is 5.69 Å². The van der Waals surface area contributed by atoms with E-state index in [-0.39, 0.29) is 11.6 Å². The molecule has 0 bridgehead atoms. The molecule has 1 heterocycles. The predicted molar refractivity (Wildman–Crippen MR) is 75.6 cm³/mol. The van der Waals surface area contributed by atoms with Crippen LogP contribution in [0.4, 0.5) is 11.4 Å². The van der Waals surface area contributed by atoms with E-state index in [0.717, 1.165) is 5.69 Å². The summed E-state index contributed by atoms with van der Waals surface area (Å²) in [5, 5.41) is 10.8. The van der Waals surface area contributed by atoms with Crippen molar-refractivity contribution < 1.29 is 9.72 Å². The summed E-state index contributed by atoms with van der Waals surface area (Å²) in [5.74, 6) is 0.0752. The van der Waals surface area contributed by atoms with E-state index in [0.29, 0.717) is 39.1 Å². The summed E-state index contributed by atoms with van der Waals surface area (Å²) in [4.78, 5) is 25.9. The van der Waals surface area contributed by atoms with Gasteiger partial charge in [-0.15, -0.1) is 0 Å². The summed E-state index contributed by atoms with van der Waals surface area (Å²) in [6.07, 6.45) is 0.372. The molecule has 108 valence electrons. The van der Waals surface area contributed by atoms with Gasteiger partial charge in [0.1, 0.15) is 0 Å². The summed E-state index contributed by atoms with van der Waals surface area (Å²) < 4.78 is 0. The summed E-state index contributed by atoms with van der Waals surface area (Å²) >= 11 is 0. The second-order valence-electron chi connectivity index (χ2n) is 4.68. The molecule has 0 unspecified atom stereocenters. The molecule has 1 aromatic rings. The topological polar surface area (TPSA) is 92.7 Å². The first-order chi connectivity index (χ1) is 9.61. The van der Waals surface area contributed by atoms with Crippen LogP contribution in [-0.4, -0.2) is 48.5 Å². The highest BCUT2D eigenvalue weighted by Gasteiger charge is 2.21. The first kappa shape index (κ1) is 14.3. The van der Waals surface area contributed by atoms with Crippen LogP contribution < -0.4 is 10.6 Å². The Morgan fingerprint density at radius 3 is 2.60 bits per heavy atom. The van der Waals surface area contributed by atoms with Crippen LogP contribution in [0.15, 0.2) is 24.3 Å². The van der Waals surface area contributed by atoms with Crippen molar-refractivity contribution >= 4 is 17.3 Å². The molecule has 0 saturated carbocycles. The van der Waals surface area contributed by atoms with Gasteiger partial charge in [-0.05, 0) is 6.07 Å². The second-order valence-corrected chi connectivity index (χ2v) is 4.68. The number of hydrogen-bond donors (Lipinski definition) is 1. The minimum absolute atomic E-state index is 0.0752. The molecular weight excluding hydrogens is 260 g/mol. The van der Waals surface area contributed by atoms with Crippen molar-refractivity contribution in [2.45, 2.75) is 6.42 Å². The van der Waals surface area contributed by atoms with Crippen LogP contribution in [0.3, 0.4) is 0 Å². The molecule has 2 N–H and O–H groups in total. The number of nitro benzene ring substituents is 1. The van der Waals surface area contributed by atoms with Gasteiger partial charge in [-0.25, -0.2) is 0 Å². The molecule has 7 heteroatoms. The molecule has 2 rings (SSSR count). The zero-order valence-corrected chi connectivity index (χ0v) is 11.2. The van der Waals surface area contributed by atoms with Gasteiger partial charge in [0.2, 0.25) is 5.91 Å². The van der Waals surface area contributed by atoms with E-state index in [1.807, 2.05) is 6.07 Å². The van der Waals surface area contributed by atoms with Crippen molar-refractivity contribution in [1.29, 1.82) is 0 Å². The maximum atomic E-state index is 11.7. The molecule has 1 saturated heterocycles. The third-order valence-electron chi connectivity index (χ3n) is 3.40. The van der Waals surface area contributed by atoms with Crippen molar-refractivity contribution in [2.75, 3.05) is 37.6 Å². The fraction of sp³-hybridized carbons (Fsp3) is 0.462. The van der Waals surface area contributed by atoms with E-state index in [1.54, 1.807) is 17.0 Å². The van der Waals surface area contributed by atoms with Crippen molar-refractivity contribution in [1.82, 2.24) is 4.90 Å². The van der Waals surface area contributed by atoms with E-state index in [9.17, 15) is 14.9 Å². The van der Waals surface area contributed by atoms with Gasteiger partial charge < -0.3 is 15.5 Å². The smallest absolute Gasteiger partial charge is 0.271 e. The van der Waals surface area contributed by atoms with Gasteiger partial charge in [0, 0.05) is 57.0 Å². The molecule has 0 spiro atoms. The molecule has 20 heavy (non-hydrogen) atoms. The standard InChI is InChI=1S/C13H18N4O3/c14-5-4-13(18)16-8-6-15(7-9-16)11-2-1-3-12(10-11)17(19)20/h1-3,10H,4-9,14H2. The van der Waals surface area contributed by atoms with Gasteiger partial charge in [-0.3, -0.25) is 14.9 Å². The number of nitrogens with two attached hydrogens (primary N) is 1. The zero-order chi connectivity index (χ0) is 14.5. The molecule has 7 nitrogen and oxygen atoms in total. The van der Waals surface area contributed by atoms with Crippen molar-refractivity contribution in [3.8, 4) is 0 Å². The van der Waals surface area contributed by atoms with E-state index < -0.39 is 4.92 Å². The molecule has 0 aromatic heterocycles. The Morgan fingerprint density at radius 2 is 2.00 bits per heavy atom. The lowest BCUT2D eigenvalue weighted by atomic mass is 10.2. The highest BCUT2D eigenvalue weighted by Crippen LogP contribution is 2.22. The van der Waals surface area contributed by atoms with Crippen molar-refractivity contribution in [2.24, 2.45) is 5.73 Å². The third kappa shape index (κ3) is 3.24. The van der Waals surface area contributed by atoms with E-state index in [1.165, 1.54) is 6.07 Å². The third-order valence-corrected chi connectivity index (χ3v) is 3.40. The Hall–Kier alpha value is -2.15. The first-order valence-electron chi connectivity index (χ1n) is 6.59. The maximum Gasteiger partial charge on any atom is 0.271 e. The molecule has 0 atom stereocenters. The van der Waals surface area contributed by atoms with Crippen LogP contribution in [0.25, 0.3) is 0 Å². The quantitative estimate of drug-likeness (QED) is 0.643. The van der Waals surface area contributed by atoms with Gasteiger partial charge >= 0.3 is 0 Å². The van der Waals surface area contributed by atoms with Gasteiger partial charge in [-0.2, -0.15) is 0 Å². The molecular formula is C13H18N4O3. The van der Waals surface area contributed by atoms with Crippen LogP contribution in [0, 0.1) is 10.1 Å². The van der Waals surface area contributed by atoms with Crippen LogP contribution in [0.5, 0.6) is 0 Å². The highest BCUT2D eigenvalue weighted by molar-refractivity contribution is 5.76. The Kier molecular flexibility index (Phi) is 4.52. The van der Waals surface area contributed by atoms with Crippen molar-refractivity contribution in [3.63, 3.8) is 0 Å². The number of carbonyl (C=O) groups excluding carboxylic acids is 1. The second kappa shape index (κ2) is 6.33. The number of nitrogens with zero attached hydrogens (tertiary/aromatic N) is 3. The number of carbonyl (C=O) groups is 1. The number of anilines is 1. The average molecular weight is 278 g/mol. The average Bonchev–Trinajstić information content (AvgIpc) is 2.48. The van der Waals surface area contributed by atoms with Gasteiger partial charge in [0.15, 0.2) is 0 Å². The zero-order valence-electron chi connectivity index (χ0n) is 11.2. The molecule has 1 aliphatic heterocycles. The SMILES string of the molecule is NCCC(=O)N1CCN(c2cccc([N+](=O)[O-])c2)CC1. The molecule has 0 radical (unpaired) electrons. The molecule has 1 aromatic carbocycles. The number of hydrogen-bond acceptors (Lipinski definition) is 5. The number of rotatable bonds is 4. The molecule has 1 fully saturated rings.